The number of unbranched alkanes of at least 4 members (excludes halogenated alkanes) is 1. The molecule has 2 aromatic heterocycles. The number of imidazole rings is 1. The number of Topliss-reactive ketones (excluding diaryl/α,β-unsaturated/α-hetero) is 1. The summed E-state index contributed by atoms with van der Waals surface area (Å²) in [5.74, 6) is -1.79. The number of nitrogens with zero attached hydrogens (tertiary/aromatic N) is 2. The molecule has 13 heteroatoms. The summed E-state index contributed by atoms with van der Waals surface area (Å²) in [4.78, 5) is 65.7. The fourth-order valence-electron chi connectivity index (χ4n) is 5.39. The Labute approximate surface area is 289 Å². The van der Waals surface area contributed by atoms with Crippen molar-refractivity contribution in [3.05, 3.63) is 120 Å². The molecule has 0 aliphatic rings. The highest BCUT2D eigenvalue weighted by Gasteiger charge is 2.32. The highest BCUT2D eigenvalue weighted by atomic mass is 16.5. The Morgan fingerprint density at radius 3 is 2.16 bits per heavy atom. The monoisotopic (exact) mass is 679 g/mol. The molecule has 5 aromatic rings. The number of ether oxygens (including phenoxy) is 1. The van der Waals surface area contributed by atoms with Gasteiger partial charge in [0.15, 0.2) is 5.58 Å². The first-order valence-electron chi connectivity index (χ1n) is 16.6. The van der Waals surface area contributed by atoms with Crippen LogP contribution >= 0.6 is 0 Å². The predicted molar refractivity (Wildman–Crippen MR) is 186 cm³/mol. The minimum absolute atomic E-state index is 0.00678. The number of hydrogen-bond donors (Lipinski definition) is 5. The van der Waals surface area contributed by atoms with Crippen LogP contribution in [0, 0.1) is 0 Å². The molecule has 0 bridgehead atoms. The highest BCUT2D eigenvalue weighted by molar-refractivity contribution is 6.01. The lowest BCUT2D eigenvalue weighted by atomic mass is 10.0. The molecule has 260 valence electrons. The lowest BCUT2D eigenvalue weighted by Gasteiger charge is -2.25. The first kappa shape index (κ1) is 35.5. The van der Waals surface area contributed by atoms with Crippen LogP contribution in [0.2, 0.25) is 0 Å². The Balaban J connectivity index is 1.33. The van der Waals surface area contributed by atoms with Gasteiger partial charge in [-0.05, 0) is 61.9 Å². The van der Waals surface area contributed by atoms with Crippen LogP contribution in [0.4, 0.5) is 4.79 Å². The number of hydrogen-bond acceptors (Lipinski definition) is 9. The van der Waals surface area contributed by atoms with Crippen molar-refractivity contribution in [2.45, 2.75) is 63.3 Å². The van der Waals surface area contributed by atoms with E-state index in [0.29, 0.717) is 42.6 Å². The van der Waals surface area contributed by atoms with Gasteiger partial charge in [-0.1, -0.05) is 72.8 Å². The van der Waals surface area contributed by atoms with Gasteiger partial charge in [0.05, 0.1) is 12.4 Å². The topological polar surface area (TPSA) is 194 Å². The largest absolute Gasteiger partial charge is 0.445 e. The Bertz CT molecular complexity index is 1800. The summed E-state index contributed by atoms with van der Waals surface area (Å²) in [6.07, 6.45) is 4.42. The third-order valence-corrected chi connectivity index (χ3v) is 8.08. The summed E-state index contributed by atoms with van der Waals surface area (Å²) in [6.45, 7) is 0.429. The molecule has 3 amide bonds. The fourth-order valence-corrected chi connectivity index (χ4v) is 5.39. The standard InChI is InChI=1S/C37H41N7O6/c38-20-10-9-16-29(33(45)36-43-28-15-7-8-17-32(28)50-36)41-34(46)30(19-18-25-11-3-1-4-12-25)42-35(47)31(21-27-22-39-24-40-27)44-37(48)49-23-26-13-5-2-6-14-26/h1-8,11-15,17,22,24,29-31H,9-10,16,18-21,23,38H2,(H,39,40)(H,41,46)(H,42,47)(H,44,48)/t29-,30-,31-/m0/s1. The van der Waals surface area contributed by atoms with Crippen molar-refractivity contribution in [1.82, 2.24) is 30.9 Å². The quantitative estimate of drug-likeness (QED) is 0.0672. The molecule has 0 spiro atoms. The molecule has 3 atom stereocenters. The molecule has 13 nitrogen and oxygen atoms in total. The summed E-state index contributed by atoms with van der Waals surface area (Å²) in [5, 5.41) is 8.31. The summed E-state index contributed by atoms with van der Waals surface area (Å²) in [6, 6.07) is 22.5. The van der Waals surface area contributed by atoms with Crippen LogP contribution in [0.25, 0.3) is 11.1 Å². The van der Waals surface area contributed by atoms with Gasteiger partial charge in [-0.25, -0.2) is 14.8 Å². The van der Waals surface area contributed by atoms with Crippen molar-refractivity contribution in [3.8, 4) is 0 Å². The maximum atomic E-state index is 14.0. The zero-order chi connectivity index (χ0) is 35.1. The molecule has 0 aliphatic heterocycles. The lowest BCUT2D eigenvalue weighted by Crippen LogP contribution is -2.56. The third-order valence-electron chi connectivity index (χ3n) is 8.08. The Morgan fingerprint density at radius 1 is 0.780 bits per heavy atom. The average Bonchev–Trinajstić information content (AvgIpc) is 3.82. The smallest absolute Gasteiger partial charge is 0.408 e. The number of rotatable bonds is 18. The van der Waals surface area contributed by atoms with Crippen molar-refractivity contribution in [3.63, 3.8) is 0 Å². The summed E-state index contributed by atoms with van der Waals surface area (Å²) in [5.41, 5.74) is 9.01. The summed E-state index contributed by atoms with van der Waals surface area (Å²) in [7, 11) is 0. The predicted octanol–water partition coefficient (Wildman–Crippen LogP) is 4.00. The van der Waals surface area contributed by atoms with Gasteiger partial charge in [0.25, 0.3) is 5.89 Å². The van der Waals surface area contributed by atoms with E-state index in [1.807, 2.05) is 60.7 Å². The van der Waals surface area contributed by atoms with E-state index in [1.165, 1.54) is 6.33 Å². The van der Waals surface area contributed by atoms with Gasteiger partial charge in [0.2, 0.25) is 17.6 Å². The molecule has 3 aromatic carbocycles. The maximum Gasteiger partial charge on any atom is 0.408 e. The van der Waals surface area contributed by atoms with Crippen molar-refractivity contribution in [2.75, 3.05) is 6.54 Å². The van der Waals surface area contributed by atoms with E-state index < -0.39 is 41.8 Å². The zero-order valence-corrected chi connectivity index (χ0v) is 27.5. The van der Waals surface area contributed by atoms with E-state index in [2.05, 4.69) is 30.9 Å². The molecule has 0 aliphatic carbocycles. The van der Waals surface area contributed by atoms with E-state index in [9.17, 15) is 19.2 Å². The van der Waals surface area contributed by atoms with Gasteiger partial charge in [-0.15, -0.1) is 0 Å². The third kappa shape index (κ3) is 10.3. The number of oxazole rings is 1. The minimum Gasteiger partial charge on any atom is -0.445 e. The zero-order valence-electron chi connectivity index (χ0n) is 27.5. The number of carbonyl (C=O) groups is 4. The van der Waals surface area contributed by atoms with Crippen molar-refractivity contribution >= 4 is 34.8 Å². The van der Waals surface area contributed by atoms with Crippen LogP contribution in [0.15, 0.2) is 102 Å². The van der Waals surface area contributed by atoms with E-state index in [4.69, 9.17) is 14.9 Å². The van der Waals surface area contributed by atoms with Gasteiger partial charge < -0.3 is 35.8 Å². The number of aryl methyl sites for hydroxylation is 1. The number of ketones is 1. The number of nitrogens with two attached hydrogens (primary N) is 1. The molecule has 5 rings (SSSR count). The number of para-hydroxylation sites is 2. The second-order valence-electron chi connectivity index (χ2n) is 11.8. The average molecular weight is 680 g/mol. The Hall–Kier alpha value is -5.82. The van der Waals surface area contributed by atoms with Gasteiger partial charge in [-0.3, -0.25) is 14.4 Å². The minimum atomic E-state index is -1.12. The number of nitrogens with one attached hydrogen (secondary N) is 4. The molecular formula is C37H41N7O6. The van der Waals surface area contributed by atoms with Crippen LogP contribution in [-0.4, -0.2) is 63.3 Å². The molecule has 0 unspecified atom stereocenters. The number of fused-ring (bicyclic) bond motifs is 1. The van der Waals surface area contributed by atoms with Crippen molar-refractivity contribution in [1.29, 1.82) is 0 Å². The van der Waals surface area contributed by atoms with Crippen LogP contribution in [0.1, 0.15) is 53.2 Å². The van der Waals surface area contributed by atoms with Crippen LogP contribution in [-0.2, 0) is 33.8 Å². The SMILES string of the molecule is NCCCC[C@H](NC(=O)[C@H](CCc1ccccc1)NC(=O)[C@H](Cc1cnc[nH]1)NC(=O)OCc1ccccc1)C(=O)c1nc2ccccc2o1. The van der Waals surface area contributed by atoms with E-state index in [-0.39, 0.29) is 31.8 Å². The van der Waals surface area contributed by atoms with Crippen LogP contribution < -0.4 is 21.7 Å². The van der Waals surface area contributed by atoms with Gasteiger partial charge >= 0.3 is 6.09 Å². The lowest BCUT2D eigenvalue weighted by molar-refractivity contribution is -0.130. The molecule has 0 saturated carbocycles. The van der Waals surface area contributed by atoms with E-state index >= 15 is 0 Å². The number of H-pyrrole nitrogens is 1. The molecule has 0 radical (unpaired) electrons. The molecule has 50 heavy (non-hydrogen) atoms. The van der Waals surface area contributed by atoms with Crippen molar-refractivity contribution < 1.29 is 28.3 Å². The number of aromatic nitrogens is 3. The maximum absolute atomic E-state index is 14.0. The Morgan fingerprint density at radius 2 is 1.46 bits per heavy atom. The molecule has 0 saturated heterocycles. The van der Waals surface area contributed by atoms with E-state index in [0.717, 1.165) is 11.1 Å². The van der Waals surface area contributed by atoms with Crippen LogP contribution in [0.3, 0.4) is 0 Å². The van der Waals surface area contributed by atoms with Gasteiger partial charge in [0.1, 0.15) is 24.2 Å². The fraction of sp³-hybridized carbons (Fsp3) is 0.297. The van der Waals surface area contributed by atoms with Gasteiger partial charge in [0, 0.05) is 18.3 Å². The second-order valence-corrected chi connectivity index (χ2v) is 11.8. The molecule has 2 heterocycles. The molecular weight excluding hydrogens is 638 g/mol. The number of amides is 3. The molecule has 6 N–H and O–H groups in total. The first-order chi connectivity index (χ1) is 24.4. The first-order valence-corrected chi connectivity index (χ1v) is 16.6. The highest BCUT2D eigenvalue weighted by Crippen LogP contribution is 2.18. The number of aromatic amines is 1. The Kier molecular flexibility index (Phi) is 12.8. The van der Waals surface area contributed by atoms with Crippen LogP contribution in [0.5, 0.6) is 0 Å². The van der Waals surface area contributed by atoms with Gasteiger partial charge in [-0.2, -0.15) is 0 Å². The number of benzene rings is 3. The molecule has 0 fully saturated rings. The van der Waals surface area contributed by atoms with E-state index in [1.54, 1.807) is 30.5 Å². The summed E-state index contributed by atoms with van der Waals surface area (Å²) >= 11 is 0. The van der Waals surface area contributed by atoms with Crippen molar-refractivity contribution in [2.24, 2.45) is 5.73 Å². The summed E-state index contributed by atoms with van der Waals surface area (Å²) < 4.78 is 11.1. The number of alkyl carbamates (subject to hydrolysis) is 1. The second kappa shape index (κ2) is 18.1. The number of carbonyl (C=O) groups excluding carboxylic acids is 4. The normalized spacial score (nSPS) is 12.8.